The van der Waals surface area contributed by atoms with Crippen LogP contribution in [0.1, 0.15) is 38.7 Å². The van der Waals surface area contributed by atoms with Gasteiger partial charge in [0.2, 0.25) is 21.8 Å². The fraction of sp³-hybridized carbons (Fsp3) is 0.417. The molecule has 2 rings (SSSR count). The van der Waals surface area contributed by atoms with Gasteiger partial charge in [0.15, 0.2) is 0 Å². The molecule has 0 aliphatic rings. The van der Waals surface area contributed by atoms with Crippen LogP contribution in [0, 0.1) is 0 Å². The van der Waals surface area contributed by atoms with E-state index in [1.807, 2.05) is 6.92 Å². The highest BCUT2D eigenvalue weighted by Gasteiger charge is 2.32. The molecule has 0 aromatic heterocycles. The third-order valence-corrected chi connectivity index (χ3v) is 7.81. The van der Waals surface area contributed by atoms with Gasteiger partial charge in [-0.2, -0.15) is 0 Å². The van der Waals surface area contributed by atoms with E-state index in [0.29, 0.717) is 33.6 Å². The number of hydrogen-bond acceptors (Lipinski definition) is 4. The number of halogens is 4. The quantitative estimate of drug-likeness (QED) is 0.314. The maximum Gasteiger partial charge on any atom is 0.244 e. The van der Waals surface area contributed by atoms with Crippen molar-refractivity contribution in [3.8, 4) is 0 Å². The first-order valence-electron chi connectivity index (χ1n) is 11.3. The summed E-state index contributed by atoms with van der Waals surface area (Å²) in [4.78, 5) is 28.0. The summed E-state index contributed by atoms with van der Waals surface area (Å²) >= 11 is 24.4. The number of anilines is 1. The molecule has 1 atom stereocenters. The number of sulfonamides is 1. The van der Waals surface area contributed by atoms with Gasteiger partial charge in [0.1, 0.15) is 12.6 Å². The van der Waals surface area contributed by atoms with Gasteiger partial charge in [0.05, 0.1) is 27.0 Å². The number of unbranched alkanes of at least 4 members (excludes halogenated alkanes) is 1. The molecule has 2 aromatic rings. The van der Waals surface area contributed by atoms with Gasteiger partial charge in [-0.1, -0.05) is 72.7 Å². The summed E-state index contributed by atoms with van der Waals surface area (Å²) in [5.74, 6) is -0.912. The lowest BCUT2D eigenvalue weighted by atomic mass is 10.1. The molecule has 0 aliphatic heterocycles. The van der Waals surface area contributed by atoms with Crippen molar-refractivity contribution in [2.45, 2.75) is 45.7 Å². The minimum absolute atomic E-state index is 0.0153. The highest BCUT2D eigenvalue weighted by atomic mass is 35.5. The number of carbonyl (C=O) groups is 2. The Morgan fingerprint density at radius 1 is 0.972 bits per heavy atom. The van der Waals surface area contributed by atoms with Gasteiger partial charge in [-0.25, -0.2) is 8.42 Å². The van der Waals surface area contributed by atoms with E-state index in [-0.39, 0.29) is 23.2 Å². The summed E-state index contributed by atoms with van der Waals surface area (Å²) < 4.78 is 26.2. The predicted octanol–water partition coefficient (Wildman–Crippen LogP) is 5.79. The SMILES string of the molecule is CCCCNC(=O)[C@H](CC)N(Cc1ccc(Cl)c(Cl)c1)C(=O)CN(c1ccc(Cl)cc1Cl)S(C)(=O)=O. The van der Waals surface area contributed by atoms with E-state index in [1.165, 1.54) is 23.1 Å². The van der Waals surface area contributed by atoms with E-state index in [0.717, 1.165) is 23.4 Å². The van der Waals surface area contributed by atoms with Crippen LogP contribution in [-0.2, 0) is 26.2 Å². The summed E-state index contributed by atoms with van der Waals surface area (Å²) in [6.45, 7) is 3.70. The summed E-state index contributed by atoms with van der Waals surface area (Å²) in [5, 5.41) is 3.90. The van der Waals surface area contributed by atoms with Crippen LogP contribution < -0.4 is 9.62 Å². The van der Waals surface area contributed by atoms with Crippen molar-refractivity contribution in [3.05, 3.63) is 62.1 Å². The van der Waals surface area contributed by atoms with Gasteiger partial charge in [-0.3, -0.25) is 13.9 Å². The second-order valence-corrected chi connectivity index (χ2v) is 11.8. The van der Waals surface area contributed by atoms with Gasteiger partial charge in [0.25, 0.3) is 0 Å². The maximum absolute atomic E-state index is 13.7. The standard InChI is InChI=1S/C24H29Cl4N3O4S/c1-4-6-11-29-24(33)21(5-2)30(14-16-7-9-18(26)19(27)12-16)23(32)15-31(36(3,34)35)22-10-8-17(25)13-20(22)28/h7-10,12-13,21H,4-6,11,14-15H2,1-3H3,(H,29,33)/t21-/m0/s1. The minimum Gasteiger partial charge on any atom is -0.354 e. The molecule has 0 saturated carbocycles. The Hall–Kier alpha value is -1.71. The second-order valence-electron chi connectivity index (χ2n) is 8.20. The van der Waals surface area contributed by atoms with Crippen molar-refractivity contribution in [1.82, 2.24) is 10.2 Å². The van der Waals surface area contributed by atoms with Crippen molar-refractivity contribution in [2.75, 3.05) is 23.7 Å². The van der Waals surface area contributed by atoms with Gasteiger partial charge >= 0.3 is 0 Å². The van der Waals surface area contributed by atoms with E-state index in [4.69, 9.17) is 46.4 Å². The Balaban J connectivity index is 2.46. The summed E-state index contributed by atoms with van der Waals surface area (Å²) in [5.41, 5.74) is 0.736. The molecule has 0 fully saturated rings. The predicted molar refractivity (Wildman–Crippen MR) is 148 cm³/mol. The average molecular weight is 597 g/mol. The van der Waals surface area contributed by atoms with Crippen LogP contribution in [0.2, 0.25) is 20.1 Å². The van der Waals surface area contributed by atoms with E-state index in [2.05, 4.69) is 5.32 Å². The molecule has 36 heavy (non-hydrogen) atoms. The molecule has 0 aliphatic carbocycles. The number of nitrogens with zero attached hydrogens (tertiary/aromatic N) is 2. The van der Waals surface area contributed by atoms with Crippen LogP contribution in [0.4, 0.5) is 5.69 Å². The zero-order valence-electron chi connectivity index (χ0n) is 20.2. The van der Waals surface area contributed by atoms with Crippen molar-refractivity contribution in [1.29, 1.82) is 0 Å². The van der Waals surface area contributed by atoms with Crippen LogP contribution in [0.25, 0.3) is 0 Å². The summed E-state index contributed by atoms with van der Waals surface area (Å²) in [7, 11) is -3.92. The Morgan fingerprint density at radius 3 is 2.22 bits per heavy atom. The number of carbonyl (C=O) groups excluding carboxylic acids is 2. The van der Waals surface area contributed by atoms with Gasteiger partial charge in [-0.15, -0.1) is 0 Å². The van der Waals surface area contributed by atoms with Crippen molar-refractivity contribution in [3.63, 3.8) is 0 Å². The maximum atomic E-state index is 13.7. The third-order valence-electron chi connectivity index (χ3n) is 5.41. The minimum atomic E-state index is -3.92. The molecular weight excluding hydrogens is 568 g/mol. The molecule has 2 aromatic carbocycles. The van der Waals surface area contributed by atoms with E-state index in [1.54, 1.807) is 25.1 Å². The second kappa shape index (κ2) is 13.7. The molecule has 0 saturated heterocycles. The molecule has 0 spiro atoms. The fourth-order valence-corrected chi connectivity index (χ4v) is 5.28. The normalized spacial score (nSPS) is 12.2. The Kier molecular flexibility index (Phi) is 11.6. The fourth-order valence-electron chi connectivity index (χ4n) is 3.54. The van der Waals surface area contributed by atoms with Crippen LogP contribution in [-0.4, -0.2) is 50.5 Å². The van der Waals surface area contributed by atoms with Crippen LogP contribution >= 0.6 is 46.4 Å². The van der Waals surface area contributed by atoms with Gasteiger partial charge < -0.3 is 10.2 Å². The smallest absolute Gasteiger partial charge is 0.244 e. The zero-order chi connectivity index (χ0) is 27.0. The molecule has 0 radical (unpaired) electrons. The lowest BCUT2D eigenvalue weighted by Crippen LogP contribution is -2.52. The van der Waals surface area contributed by atoms with Crippen molar-refractivity contribution in [2.24, 2.45) is 0 Å². The van der Waals surface area contributed by atoms with E-state index in [9.17, 15) is 18.0 Å². The molecule has 0 heterocycles. The van der Waals surface area contributed by atoms with Crippen molar-refractivity contribution >= 4 is 73.9 Å². The van der Waals surface area contributed by atoms with Crippen molar-refractivity contribution < 1.29 is 18.0 Å². The summed E-state index contributed by atoms with van der Waals surface area (Å²) in [6, 6.07) is 8.36. The molecule has 1 N–H and O–H groups in total. The topological polar surface area (TPSA) is 86.8 Å². The first-order valence-corrected chi connectivity index (χ1v) is 14.7. The molecule has 198 valence electrons. The number of hydrogen-bond donors (Lipinski definition) is 1. The molecule has 0 unspecified atom stereocenters. The van der Waals surface area contributed by atoms with Crippen LogP contribution in [0.3, 0.4) is 0 Å². The van der Waals surface area contributed by atoms with Crippen LogP contribution in [0.15, 0.2) is 36.4 Å². The monoisotopic (exact) mass is 595 g/mol. The van der Waals surface area contributed by atoms with E-state index >= 15 is 0 Å². The molecular formula is C24H29Cl4N3O4S. The highest BCUT2D eigenvalue weighted by Crippen LogP contribution is 2.31. The molecule has 2 amide bonds. The zero-order valence-corrected chi connectivity index (χ0v) is 24.1. The average Bonchev–Trinajstić information content (AvgIpc) is 2.79. The summed E-state index contributed by atoms with van der Waals surface area (Å²) in [6.07, 6.45) is 2.98. The number of nitrogens with one attached hydrogen (secondary N) is 1. The highest BCUT2D eigenvalue weighted by molar-refractivity contribution is 7.92. The lowest BCUT2D eigenvalue weighted by molar-refractivity contribution is -0.140. The first-order chi connectivity index (χ1) is 16.9. The Bertz CT molecular complexity index is 1190. The Labute approximate surface area is 232 Å². The molecule has 7 nitrogen and oxygen atoms in total. The number of benzene rings is 2. The lowest BCUT2D eigenvalue weighted by Gasteiger charge is -2.33. The van der Waals surface area contributed by atoms with Gasteiger partial charge in [-0.05, 0) is 48.7 Å². The largest absolute Gasteiger partial charge is 0.354 e. The van der Waals surface area contributed by atoms with Crippen LogP contribution in [0.5, 0.6) is 0 Å². The molecule has 0 bridgehead atoms. The Morgan fingerprint density at radius 2 is 1.67 bits per heavy atom. The van der Waals surface area contributed by atoms with E-state index < -0.39 is 28.5 Å². The number of rotatable bonds is 12. The molecule has 12 heteroatoms. The van der Waals surface area contributed by atoms with Gasteiger partial charge in [0, 0.05) is 18.1 Å². The third kappa shape index (κ3) is 8.42. The first kappa shape index (κ1) is 30.5. The number of amides is 2.